The minimum atomic E-state index is -0.614. The van der Waals surface area contributed by atoms with Crippen LogP contribution in [0.1, 0.15) is 6.42 Å². The zero-order valence-electron chi connectivity index (χ0n) is 14.9. The summed E-state index contributed by atoms with van der Waals surface area (Å²) >= 11 is 0. The smallest absolute Gasteiger partial charge is 0.253 e. The fourth-order valence-corrected chi connectivity index (χ4v) is 3.16. The number of fused-ring (bicyclic) bond motifs is 2. The first kappa shape index (κ1) is 16.9. The number of carbonyl (C=O) groups excluding carboxylic acids is 3. The molecule has 0 unspecified atom stereocenters. The van der Waals surface area contributed by atoms with Crippen LogP contribution in [-0.2, 0) is 14.4 Å². The van der Waals surface area contributed by atoms with Gasteiger partial charge in [-0.3, -0.25) is 19.7 Å². The molecule has 2 N–H and O–H groups in total. The van der Waals surface area contributed by atoms with E-state index in [-0.39, 0.29) is 17.8 Å². The monoisotopic (exact) mass is 387 g/mol. The largest absolute Gasteiger partial charge is 0.454 e. The average molecular weight is 387 g/mol. The van der Waals surface area contributed by atoms with Gasteiger partial charge in [-0.1, -0.05) is 18.2 Å². The Morgan fingerprint density at radius 3 is 2.86 bits per heavy atom. The van der Waals surface area contributed by atoms with Crippen molar-refractivity contribution in [3.63, 3.8) is 0 Å². The SMILES string of the molecule is O=C1C=C(C(=O)Nc2ccc3ncc(-c4cc5ccccc5o4)n3n2)CC(=O)N1. The molecule has 0 aliphatic carbocycles. The fraction of sp³-hybridized carbons (Fsp3) is 0.0500. The maximum Gasteiger partial charge on any atom is 0.253 e. The summed E-state index contributed by atoms with van der Waals surface area (Å²) in [5, 5.41) is 10.1. The van der Waals surface area contributed by atoms with Crippen molar-refractivity contribution in [1.82, 2.24) is 19.9 Å². The molecule has 4 aromatic rings. The van der Waals surface area contributed by atoms with E-state index in [4.69, 9.17) is 4.42 Å². The van der Waals surface area contributed by atoms with Gasteiger partial charge in [0.25, 0.3) is 11.8 Å². The number of nitrogens with zero attached hydrogens (tertiary/aromatic N) is 3. The van der Waals surface area contributed by atoms with Crippen LogP contribution in [-0.4, -0.2) is 32.3 Å². The van der Waals surface area contributed by atoms with Crippen LogP contribution in [0, 0.1) is 0 Å². The Balaban J connectivity index is 1.49. The summed E-state index contributed by atoms with van der Waals surface area (Å²) in [6.07, 6.45) is 2.57. The molecule has 5 rings (SSSR count). The quantitative estimate of drug-likeness (QED) is 0.520. The van der Waals surface area contributed by atoms with Gasteiger partial charge in [0.15, 0.2) is 17.2 Å². The Morgan fingerprint density at radius 1 is 1.17 bits per heavy atom. The van der Waals surface area contributed by atoms with Crippen LogP contribution < -0.4 is 10.6 Å². The highest BCUT2D eigenvalue weighted by Gasteiger charge is 2.22. The first-order valence-corrected chi connectivity index (χ1v) is 8.76. The molecule has 0 fully saturated rings. The predicted molar refractivity (Wildman–Crippen MR) is 103 cm³/mol. The molecule has 142 valence electrons. The number of hydrogen-bond donors (Lipinski definition) is 2. The lowest BCUT2D eigenvalue weighted by Crippen LogP contribution is -2.35. The summed E-state index contributed by atoms with van der Waals surface area (Å²) in [5.41, 5.74) is 2.02. The summed E-state index contributed by atoms with van der Waals surface area (Å²) in [7, 11) is 0. The molecule has 9 heteroatoms. The minimum Gasteiger partial charge on any atom is -0.454 e. The van der Waals surface area contributed by atoms with Gasteiger partial charge in [0, 0.05) is 17.0 Å². The zero-order chi connectivity index (χ0) is 20.0. The van der Waals surface area contributed by atoms with E-state index in [0.29, 0.717) is 17.1 Å². The van der Waals surface area contributed by atoms with Crippen LogP contribution in [0.3, 0.4) is 0 Å². The molecular weight excluding hydrogens is 374 g/mol. The number of anilines is 1. The van der Waals surface area contributed by atoms with E-state index < -0.39 is 17.7 Å². The number of para-hydroxylation sites is 1. The standard InChI is InChI=1S/C20H13N5O4/c26-18-8-12(9-19(27)23-18)20(28)22-16-5-6-17-21-10-13(25(17)24-16)15-7-11-3-1-2-4-14(11)29-15/h1-8,10H,9H2,(H,22,24,28)(H,23,26,27). The normalized spacial score (nSPS) is 14.1. The summed E-state index contributed by atoms with van der Waals surface area (Å²) in [5.74, 6) is -0.862. The van der Waals surface area contributed by atoms with Gasteiger partial charge in [-0.05, 0) is 24.3 Å². The number of furan rings is 1. The molecule has 1 aliphatic rings. The van der Waals surface area contributed by atoms with Crippen molar-refractivity contribution in [3.05, 3.63) is 60.3 Å². The number of benzene rings is 1. The lowest BCUT2D eigenvalue weighted by molar-refractivity contribution is -0.129. The second-order valence-electron chi connectivity index (χ2n) is 6.49. The second-order valence-corrected chi connectivity index (χ2v) is 6.49. The molecular formula is C20H13N5O4. The lowest BCUT2D eigenvalue weighted by atomic mass is 10.1. The number of imidazole rings is 1. The highest BCUT2D eigenvalue weighted by atomic mass is 16.3. The van der Waals surface area contributed by atoms with E-state index >= 15 is 0 Å². The molecule has 0 bridgehead atoms. The number of amides is 3. The Kier molecular flexibility index (Phi) is 3.73. The third-order valence-corrected chi connectivity index (χ3v) is 4.49. The Hall–Kier alpha value is -4.27. The molecule has 0 atom stereocenters. The Bertz CT molecular complexity index is 1310. The molecule has 29 heavy (non-hydrogen) atoms. The van der Waals surface area contributed by atoms with E-state index in [1.54, 1.807) is 22.8 Å². The summed E-state index contributed by atoms with van der Waals surface area (Å²) in [6.45, 7) is 0. The van der Waals surface area contributed by atoms with Crippen LogP contribution in [0.4, 0.5) is 5.82 Å². The second kappa shape index (κ2) is 6.41. The van der Waals surface area contributed by atoms with Crippen molar-refractivity contribution >= 4 is 40.2 Å². The van der Waals surface area contributed by atoms with Gasteiger partial charge in [-0.15, -0.1) is 5.10 Å². The Morgan fingerprint density at radius 2 is 2.03 bits per heavy atom. The van der Waals surface area contributed by atoms with E-state index in [1.807, 2.05) is 30.3 Å². The molecule has 1 aromatic carbocycles. The summed E-state index contributed by atoms with van der Waals surface area (Å²) < 4.78 is 7.44. The summed E-state index contributed by atoms with van der Waals surface area (Å²) in [4.78, 5) is 39.6. The topological polar surface area (TPSA) is 119 Å². The van der Waals surface area contributed by atoms with Crippen molar-refractivity contribution < 1.29 is 18.8 Å². The number of nitrogens with one attached hydrogen (secondary N) is 2. The van der Waals surface area contributed by atoms with Gasteiger partial charge >= 0.3 is 0 Å². The van der Waals surface area contributed by atoms with E-state index in [2.05, 4.69) is 20.7 Å². The van der Waals surface area contributed by atoms with Gasteiger partial charge in [-0.25, -0.2) is 9.50 Å². The van der Waals surface area contributed by atoms with Crippen molar-refractivity contribution in [2.45, 2.75) is 6.42 Å². The van der Waals surface area contributed by atoms with Gasteiger partial charge < -0.3 is 9.73 Å². The maximum absolute atomic E-state index is 12.4. The van der Waals surface area contributed by atoms with E-state index in [1.165, 1.54) is 0 Å². The molecule has 0 saturated carbocycles. The van der Waals surface area contributed by atoms with Crippen LogP contribution in [0.2, 0.25) is 0 Å². The minimum absolute atomic E-state index is 0.0729. The molecule has 0 saturated heterocycles. The van der Waals surface area contributed by atoms with Crippen molar-refractivity contribution in [1.29, 1.82) is 0 Å². The van der Waals surface area contributed by atoms with Gasteiger partial charge in [0.2, 0.25) is 5.91 Å². The first-order valence-electron chi connectivity index (χ1n) is 8.76. The zero-order valence-corrected chi connectivity index (χ0v) is 14.9. The highest BCUT2D eigenvalue weighted by molar-refractivity contribution is 6.15. The molecule has 0 radical (unpaired) electrons. The Labute approximate surface area is 163 Å². The third kappa shape index (κ3) is 3.04. The van der Waals surface area contributed by atoms with Crippen LogP contribution in [0.25, 0.3) is 28.1 Å². The fourth-order valence-electron chi connectivity index (χ4n) is 3.16. The number of hydrogen-bond acceptors (Lipinski definition) is 6. The van der Waals surface area contributed by atoms with Gasteiger partial charge in [-0.2, -0.15) is 0 Å². The van der Waals surface area contributed by atoms with Crippen molar-refractivity contribution in [2.24, 2.45) is 0 Å². The number of imide groups is 1. The maximum atomic E-state index is 12.4. The van der Waals surface area contributed by atoms with Crippen molar-refractivity contribution in [3.8, 4) is 11.5 Å². The number of rotatable bonds is 3. The summed E-state index contributed by atoms with van der Waals surface area (Å²) in [6, 6.07) is 12.8. The van der Waals surface area contributed by atoms with Crippen LogP contribution >= 0.6 is 0 Å². The predicted octanol–water partition coefficient (Wildman–Crippen LogP) is 2.05. The first-order chi connectivity index (χ1) is 14.1. The molecule has 4 heterocycles. The van der Waals surface area contributed by atoms with Gasteiger partial charge in [0.05, 0.1) is 12.6 Å². The molecule has 3 aromatic heterocycles. The molecule has 3 amide bonds. The molecule has 0 spiro atoms. The van der Waals surface area contributed by atoms with E-state index in [0.717, 1.165) is 17.0 Å². The highest BCUT2D eigenvalue weighted by Crippen LogP contribution is 2.28. The third-order valence-electron chi connectivity index (χ3n) is 4.49. The number of aromatic nitrogens is 3. The van der Waals surface area contributed by atoms with Crippen LogP contribution in [0.15, 0.2) is 64.7 Å². The van der Waals surface area contributed by atoms with Crippen molar-refractivity contribution in [2.75, 3.05) is 5.32 Å². The average Bonchev–Trinajstić information content (AvgIpc) is 3.30. The molecule has 1 aliphatic heterocycles. The number of carbonyl (C=O) groups is 3. The van der Waals surface area contributed by atoms with Crippen LogP contribution in [0.5, 0.6) is 0 Å². The van der Waals surface area contributed by atoms with Gasteiger partial charge in [0.1, 0.15) is 11.3 Å². The van der Waals surface area contributed by atoms with E-state index in [9.17, 15) is 14.4 Å². The lowest BCUT2D eigenvalue weighted by Gasteiger charge is -2.12. The molecule has 9 nitrogen and oxygen atoms in total.